The molecule has 1 heterocycles. The number of nitrogens with two attached hydrogens (primary N) is 1. The maximum absolute atomic E-state index is 5.84. The second kappa shape index (κ2) is 6.46. The molecule has 0 bridgehead atoms. The first-order chi connectivity index (χ1) is 7.08. The van der Waals surface area contributed by atoms with Crippen LogP contribution in [-0.2, 0) is 9.47 Å². The van der Waals surface area contributed by atoms with Crippen LogP contribution in [0.25, 0.3) is 0 Å². The molecule has 3 atom stereocenters. The quantitative estimate of drug-likeness (QED) is 0.714. The summed E-state index contributed by atoms with van der Waals surface area (Å²) in [5.74, 6) is 0. The molecule has 0 aliphatic carbocycles. The predicted molar refractivity (Wildman–Crippen MR) is 61.9 cm³/mol. The molecular formula is C12H25NO2. The van der Waals surface area contributed by atoms with Gasteiger partial charge in [0, 0.05) is 12.6 Å². The molecule has 3 heteroatoms. The van der Waals surface area contributed by atoms with Crippen LogP contribution in [0.15, 0.2) is 0 Å². The highest BCUT2D eigenvalue weighted by Crippen LogP contribution is 2.21. The van der Waals surface area contributed by atoms with Gasteiger partial charge in [-0.2, -0.15) is 0 Å². The molecule has 0 amide bonds. The third kappa shape index (κ3) is 5.50. The minimum Gasteiger partial charge on any atom is -0.378 e. The second-order valence-corrected chi connectivity index (χ2v) is 4.84. The van der Waals surface area contributed by atoms with E-state index in [1.807, 2.05) is 6.92 Å². The number of rotatable bonds is 5. The zero-order chi connectivity index (χ0) is 11.3. The minimum atomic E-state index is 0.293. The summed E-state index contributed by atoms with van der Waals surface area (Å²) in [7, 11) is 0. The maximum Gasteiger partial charge on any atom is 0.0624 e. The fraction of sp³-hybridized carbons (Fsp3) is 1.00. The molecule has 0 aromatic rings. The number of hydrogen-bond donors (Lipinski definition) is 1. The lowest BCUT2D eigenvalue weighted by molar-refractivity contribution is -0.102. The molecule has 1 aliphatic rings. The molecular weight excluding hydrogens is 190 g/mol. The first-order valence-electron chi connectivity index (χ1n) is 6.10. The van der Waals surface area contributed by atoms with Crippen molar-refractivity contribution in [2.24, 2.45) is 5.73 Å². The van der Waals surface area contributed by atoms with Crippen molar-refractivity contribution in [2.45, 2.75) is 70.8 Å². The molecule has 3 nitrogen and oxygen atoms in total. The van der Waals surface area contributed by atoms with Crippen LogP contribution in [0, 0.1) is 0 Å². The van der Waals surface area contributed by atoms with Gasteiger partial charge in [0.1, 0.15) is 0 Å². The van der Waals surface area contributed by atoms with E-state index in [0.29, 0.717) is 24.4 Å². The van der Waals surface area contributed by atoms with E-state index in [2.05, 4.69) is 13.8 Å². The first-order valence-corrected chi connectivity index (χ1v) is 6.10. The van der Waals surface area contributed by atoms with Gasteiger partial charge in [-0.3, -0.25) is 0 Å². The van der Waals surface area contributed by atoms with Gasteiger partial charge in [0.2, 0.25) is 0 Å². The van der Waals surface area contributed by atoms with Gasteiger partial charge in [0.15, 0.2) is 0 Å². The first kappa shape index (κ1) is 12.9. The largest absolute Gasteiger partial charge is 0.378 e. The Morgan fingerprint density at radius 1 is 1.33 bits per heavy atom. The van der Waals surface area contributed by atoms with Crippen molar-refractivity contribution in [1.29, 1.82) is 0 Å². The highest BCUT2D eigenvalue weighted by molar-refractivity contribution is 4.73. The molecule has 0 spiro atoms. The summed E-state index contributed by atoms with van der Waals surface area (Å²) in [6.45, 7) is 7.12. The summed E-state index contributed by atoms with van der Waals surface area (Å²) in [5, 5.41) is 0. The average Bonchev–Trinajstić information content (AvgIpc) is 2.10. The molecule has 1 rings (SSSR count). The molecule has 0 saturated carbocycles. The Morgan fingerprint density at radius 2 is 1.93 bits per heavy atom. The third-order valence-corrected chi connectivity index (χ3v) is 2.81. The van der Waals surface area contributed by atoms with Crippen LogP contribution in [0.3, 0.4) is 0 Å². The highest BCUT2D eigenvalue weighted by Gasteiger charge is 2.24. The van der Waals surface area contributed by atoms with E-state index in [1.54, 1.807) is 0 Å². The van der Waals surface area contributed by atoms with E-state index < -0.39 is 0 Å². The molecule has 1 fully saturated rings. The van der Waals surface area contributed by atoms with E-state index in [4.69, 9.17) is 15.2 Å². The van der Waals surface area contributed by atoms with Crippen molar-refractivity contribution < 1.29 is 9.47 Å². The van der Waals surface area contributed by atoms with Gasteiger partial charge >= 0.3 is 0 Å². The van der Waals surface area contributed by atoms with E-state index in [1.165, 1.54) is 0 Å². The van der Waals surface area contributed by atoms with E-state index in [0.717, 1.165) is 32.3 Å². The standard InChI is InChI=1S/C12H25NO2/c1-9(13)5-4-6-14-12-7-10(2)15-11(3)8-12/h9-12H,4-8,13H2,1-3H3. The van der Waals surface area contributed by atoms with E-state index in [9.17, 15) is 0 Å². The Bertz CT molecular complexity index is 163. The van der Waals surface area contributed by atoms with Crippen LogP contribution in [-0.4, -0.2) is 31.0 Å². The van der Waals surface area contributed by atoms with Crippen LogP contribution >= 0.6 is 0 Å². The molecule has 1 saturated heterocycles. The Hall–Kier alpha value is -0.120. The summed E-state index contributed by atoms with van der Waals surface area (Å²) in [5.41, 5.74) is 5.68. The van der Waals surface area contributed by atoms with Crippen molar-refractivity contribution in [3.63, 3.8) is 0 Å². The van der Waals surface area contributed by atoms with Gasteiger partial charge in [-0.1, -0.05) is 0 Å². The van der Waals surface area contributed by atoms with Gasteiger partial charge in [0.05, 0.1) is 18.3 Å². The van der Waals surface area contributed by atoms with Crippen molar-refractivity contribution >= 4 is 0 Å². The Morgan fingerprint density at radius 3 is 2.47 bits per heavy atom. The van der Waals surface area contributed by atoms with Crippen LogP contribution in [0.5, 0.6) is 0 Å². The van der Waals surface area contributed by atoms with Crippen molar-refractivity contribution in [3.05, 3.63) is 0 Å². The number of ether oxygens (including phenoxy) is 2. The Kier molecular flexibility index (Phi) is 5.58. The Balaban J connectivity index is 2.10. The maximum atomic E-state index is 5.84. The van der Waals surface area contributed by atoms with Gasteiger partial charge in [-0.15, -0.1) is 0 Å². The molecule has 0 aromatic carbocycles. The van der Waals surface area contributed by atoms with Crippen LogP contribution in [0.2, 0.25) is 0 Å². The number of hydrogen-bond acceptors (Lipinski definition) is 3. The monoisotopic (exact) mass is 215 g/mol. The van der Waals surface area contributed by atoms with Crippen molar-refractivity contribution in [2.75, 3.05) is 6.61 Å². The van der Waals surface area contributed by atoms with Crippen molar-refractivity contribution in [3.8, 4) is 0 Å². The summed E-state index contributed by atoms with van der Waals surface area (Å²) < 4.78 is 11.5. The molecule has 15 heavy (non-hydrogen) atoms. The summed E-state index contributed by atoms with van der Waals surface area (Å²) >= 11 is 0. The Labute approximate surface area is 93.3 Å². The van der Waals surface area contributed by atoms with Gasteiger partial charge in [-0.05, 0) is 46.5 Å². The van der Waals surface area contributed by atoms with E-state index in [-0.39, 0.29) is 0 Å². The van der Waals surface area contributed by atoms with Gasteiger partial charge < -0.3 is 15.2 Å². The predicted octanol–water partition coefficient (Wildman–Crippen LogP) is 2.09. The van der Waals surface area contributed by atoms with Crippen LogP contribution in [0.1, 0.15) is 46.5 Å². The summed E-state index contributed by atoms with van der Waals surface area (Å²) in [6.07, 6.45) is 5.24. The highest BCUT2D eigenvalue weighted by atomic mass is 16.5. The van der Waals surface area contributed by atoms with Crippen molar-refractivity contribution in [1.82, 2.24) is 0 Å². The fourth-order valence-electron chi connectivity index (χ4n) is 2.14. The molecule has 90 valence electrons. The summed E-state index contributed by atoms with van der Waals surface area (Å²) in [4.78, 5) is 0. The van der Waals surface area contributed by atoms with Crippen LogP contribution in [0.4, 0.5) is 0 Å². The SMILES string of the molecule is CC(N)CCCOC1CC(C)OC(C)C1. The second-order valence-electron chi connectivity index (χ2n) is 4.84. The molecule has 0 radical (unpaired) electrons. The lowest BCUT2D eigenvalue weighted by Gasteiger charge is -2.32. The molecule has 0 aromatic heterocycles. The van der Waals surface area contributed by atoms with E-state index >= 15 is 0 Å². The lowest BCUT2D eigenvalue weighted by Crippen LogP contribution is -2.34. The molecule has 2 N–H and O–H groups in total. The smallest absolute Gasteiger partial charge is 0.0624 e. The zero-order valence-electron chi connectivity index (χ0n) is 10.2. The molecule has 3 unspecified atom stereocenters. The van der Waals surface area contributed by atoms with Crippen LogP contribution < -0.4 is 5.73 Å². The topological polar surface area (TPSA) is 44.5 Å². The normalized spacial score (nSPS) is 34.0. The average molecular weight is 215 g/mol. The lowest BCUT2D eigenvalue weighted by atomic mass is 10.0. The fourth-order valence-corrected chi connectivity index (χ4v) is 2.14. The third-order valence-electron chi connectivity index (χ3n) is 2.81. The van der Waals surface area contributed by atoms with Gasteiger partial charge in [0.25, 0.3) is 0 Å². The van der Waals surface area contributed by atoms with Gasteiger partial charge in [-0.25, -0.2) is 0 Å². The zero-order valence-corrected chi connectivity index (χ0v) is 10.2. The summed E-state index contributed by atoms with van der Waals surface area (Å²) in [6, 6.07) is 0.293. The minimum absolute atomic E-state index is 0.293. The molecule has 1 aliphatic heterocycles.